The highest BCUT2D eigenvalue weighted by atomic mass is 16.5. The standard InChI is InChI=1S/C14H29N3O/c1-3-13-11-14(12-15,5-10-18-13)17-8-6-16(4-2)7-9-17/h13H,3-12,15H2,1-2H3. The number of piperazine rings is 1. The number of nitrogens with two attached hydrogens (primary N) is 1. The third kappa shape index (κ3) is 2.87. The van der Waals surface area contributed by atoms with E-state index in [-0.39, 0.29) is 5.54 Å². The highest BCUT2D eigenvalue weighted by Gasteiger charge is 2.41. The summed E-state index contributed by atoms with van der Waals surface area (Å²) in [4.78, 5) is 5.17. The molecule has 2 fully saturated rings. The van der Waals surface area contributed by atoms with E-state index in [2.05, 4.69) is 23.6 Å². The van der Waals surface area contributed by atoms with Crippen LogP contribution in [-0.4, -0.2) is 67.3 Å². The minimum atomic E-state index is 0.207. The molecule has 0 aromatic rings. The van der Waals surface area contributed by atoms with Gasteiger partial charge in [0.15, 0.2) is 0 Å². The van der Waals surface area contributed by atoms with Gasteiger partial charge in [-0.1, -0.05) is 13.8 Å². The van der Waals surface area contributed by atoms with Gasteiger partial charge in [0, 0.05) is 44.9 Å². The second-order valence-electron chi connectivity index (χ2n) is 5.70. The van der Waals surface area contributed by atoms with E-state index in [0.29, 0.717) is 6.10 Å². The average molecular weight is 255 g/mol. The minimum Gasteiger partial charge on any atom is -0.378 e. The number of hydrogen-bond acceptors (Lipinski definition) is 4. The van der Waals surface area contributed by atoms with Crippen molar-refractivity contribution >= 4 is 0 Å². The molecule has 0 radical (unpaired) electrons. The smallest absolute Gasteiger partial charge is 0.0590 e. The van der Waals surface area contributed by atoms with Crippen LogP contribution in [0.25, 0.3) is 0 Å². The zero-order valence-corrected chi connectivity index (χ0v) is 12.0. The maximum Gasteiger partial charge on any atom is 0.0590 e. The SMILES string of the molecule is CCC1CC(CN)(N2CCN(CC)CC2)CCO1. The van der Waals surface area contributed by atoms with Crippen molar-refractivity contribution in [3.63, 3.8) is 0 Å². The van der Waals surface area contributed by atoms with Crippen LogP contribution < -0.4 is 5.73 Å². The van der Waals surface area contributed by atoms with E-state index in [1.165, 1.54) is 32.7 Å². The van der Waals surface area contributed by atoms with Crippen LogP contribution in [0.4, 0.5) is 0 Å². The molecular formula is C14H29N3O. The van der Waals surface area contributed by atoms with Crippen LogP contribution in [0.3, 0.4) is 0 Å². The molecule has 2 unspecified atom stereocenters. The summed E-state index contributed by atoms with van der Waals surface area (Å²) in [6, 6.07) is 0. The molecular weight excluding hydrogens is 226 g/mol. The van der Waals surface area contributed by atoms with Gasteiger partial charge in [-0.3, -0.25) is 4.90 Å². The van der Waals surface area contributed by atoms with Crippen molar-refractivity contribution in [2.24, 2.45) is 5.73 Å². The van der Waals surface area contributed by atoms with Gasteiger partial charge < -0.3 is 15.4 Å². The molecule has 4 nitrogen and oxygen atoms in total. The molecule has 2 rings (SSSR count). The van der Waals surface area contributed by atoms with Gasteiger partial charge in [-0.25, -0.2) is 0 Å². The molecule has 0 amide bonds. The summed E-state index contributed by atoms with van der Waals surface area (Å²) in [6.07, 6.45) is 3.74. The van der Waals surface area contributed by atoms with Crippen LogP contribution >= 0.6 is 0 Å². The number of ether oxygens (including phenoxy) is 1. The van der Waals surface area contributed by atoms with Crippen LogP contribution in [0, 0.1) is 0 Å². The molecule has 2 saturated heterocycles. The third-order valence-electron chi connectivity index (χ3n) is 4.85. The summed E-state index contributed by atoms with van der Waals surface area (Å²) in [5.74, 6) is 0. The van der Waals surface area contributed by atoms with Crippen LogP contribution in [0.5, 0.6) is 0 Å². The highest BCUT2D eigenvalue weighted by Crippen LogP contribution is 2.32. The summed E-state index contributed by atoms with van der Waals surface area (Å²) in [5, 5.41) is 0. The number of likely N-dealkylation sites (N-methyl/N-ethyl adjacent to an activating group) is 1. The highest BCUT2D eigenvalue weighted by molar-refractivity contribution is 4.97. The van der Waals surface area contributed by atoms with Crippen molar-refractivity contribution in [3.05, 3.63) is 0 Å². The molecule has 2 N–H and O–H groups in total. The van der Waals surface area contributed by atoms with Crippen molar-refractivity contribution in [1.29, 1.82) is 0 Å². The quantitative estimate of drug-likeness (QED) is 0.811. The van der Waals surface area contributed by atoms with E-state index in [4.69, 9.17) is 10.5 Å². The Labute approximate surface area is 111 Å². The first-order valence-electron chi connectivity index (χ1n) is 7.53. The Morgan fingerprint density at radius 3 is 2.50 bits per heavy atom. The Hall–Kier alpha value is -0.160. The van der Waals surface area contributed by atoms with Gasteiger partial charge in [-0.2, -0.15) is 0 Å². The Morgan fingerprint density at radius 1 is 1.22 bits per heavy atom. The fourth-order valence-corrected chi connectivity index (χ4v) is 3.40. The van der Waals surface area contributed by atoms with Crippen LogP contribution in [0.1, 0.15) is 33.1 Å². The molecule has 0 saturated carbocycles. The van der Waals surface area contributed by atoms with E-state index in [0.717, 1.165) is 32.4 Å². The molecule has 2 aliphatic heterocycles. The largest absolute Gasteiger partial charge is 0.378 e. The van der Waals surface area contributed by atoms with Crippen LogP contribution in [0.2, 0.25) is 0 Å². The van der Waals surface area contributed by atoms with E-state index in [1.807, 2.05) is 0 Å². The zero-order chi connectivity index (χ0) is 13.0. The maximum atomic E-state index is 6.14. The van der Waals surface area contributed by atoms with Crippen molar-refractivity contribution in [3.8, 4) is 0 Å². The fourth-order valence-electron chi connectivity index (χ4n) is 3.40. The molecule has 0 spiro atoms. The Balaban J connectivity index is 1.99. The van der Waals surface area contributed by atoms with Gasteiger partial charge >= 0.3 is 0 Å². The molecule has 2 aliphatic rings. The second kappa shape index (κ2) is 6.33. The van der Waals surface area contributed by atoms with Gasteiger partial charge in [0.05, 0.1) is 6.10 Å². The first-order chi connectivity index (χ1) is 8.74. The summed E-state index contributed by atoms with van der Waals surface area (Å²) >= 11 is 0. The molecule has 4 heteroatoms. The van der Waals surface area contributed by atoms with Crippen molar-refractivity contribution in [2.45, 2.75) is 44.8 Å². The third-order valence-corrected chi connectivity index (χ3v) is 4.85. The van der Waals surface area contributed by atoms with Crippen molar-refractivity contribution in [1.82, 2.24) is 9.80 Å². The van der Waals surface area contributed by atoms with Gasteiger partial charge in [0.1, 0.15) is 0 Å². The second-order valence-corrected chi connectivity index (χ2v) is 5.70. The summed E-state index contributed by atoms with van der Waals surface area (Å²) < 4.78 is 5.82. The van der Waals surface area contributed by atoms with Crippen LogP contribution in [0.15, 0.2) is 0 Å². The fraction of sp³-hybridized carbons (Fsp3) is 1.00. The molecule has 0 aromatic carbocycles. The first kappa shape index (κ1) is 14.3. The van der Waals surface area contributed by atoms with Gasteiger partial charge in [0.2, 0.25) is 0 Å². The normalized spacial score (nSPS) is 35.8. The molecule has 0 aliphatic carbocycles. The zero-order valence-electron chi connectivity index (χ0n) is 12.0. The average Bonchev–Trinajstić information content (AvgIpc) is 2.47. The van der Waals surface area contributed by atoms with Crippen LogP contribution in [-0.2, 0) is 4.74 Å². The first-order valence-corrected chi connectivity index (χ1v) is 7.53. The van der Waals surface area contributed by atoms with Gasteiger partial charge in [-0.05, 0) is 25.8 Å². The van der Waals surface area contributed by atoms with Gasteiger partial charge in [-0.15, -0.1) is 0 Å². The lowest BCUT2D eigenvalue weighted by Gasteiger charge is -2.50. The lowest BCUT2D eigenvalue weighted by atomic mass is 9.83. The summed E-state index contributed by atoms with van der Waals surface area (Å²) in [5.41, 5.74) is 6.35. The van der Waals surface area contributed by atoms with E-state index in [1.54, 1.807) is 0 Å². The number of rotatable bonds is 4. The predicted molar refractivity (Wildman–Crippen MR) is 74.7 cm³/mol. The van der Waals surface area contributed by atoms with Crippen molar-refractivity contribution < 1.29 is 4.74 Å². The Bertz CT molecular complexity index is 253. The van der Waals surface area contributed by atoms with Crippen molar-refractivity contribution in [2.75, 3.05) is 45.9 Å². The summed E-state index contributed by atoms with van der Waals surface area (Å²) in [6.45, 7) is 12.0. The van der Waals surface area contributed by atoms with E-state index in [9.17, 15) is 0 Å². The predicted octanol–water partition coefficient (Wildman–Crippen LogP) is 0.910. The molecule has 2 heterocycles. The molecule has 18 heavy (non-hydrogen) atoms. The minimum absolute atomic E-state index is 0.207. The Kier molecular flexibility index (Phi) is 5.01. The number of hydrogen-bond donors (Lipinski definition) is 1. The summed E-state index contributed by atoms with van der Waals surface area (Å²) in [7, 11) is 0. The topological polar surface area (TPSA) is 41.7 Å². The molecule has 0 aromatic heterocycles. The van der Waals surface area contributed by atoms with E-state index < -0.39 is 0 Å². The molecule has 106 valence electrons. The number of nitrogens with zero attached hydrogens (tertiary/aromatic N) is 2. The monoisotopic (exact) mass is 255 g/mol. The lowest BCUT2D eigenvalue weighted by molar-refractivity contribution is -0.0822. The maximum absolute atomic E-state index is 6.14. The Morgan fingerprint density at radius 2 is 1.94 bits per heavy atom. The lowest BCUT2D eigenvalue weighted by Crippen LogP contribution is -2.63. The molecule has 0 bridgehead atoms. The van der Waals surface area contributed by atoms with E-state index >= 15 is 0 Å². The molecule has 2 atom stereocenters. The van der Waals surface area contributed by atoms with Gasteiger partial charge in [0.25, 0.3) is 0 Å².